The smallest absolute Gasteiger partial charge is 0.178 e. The number of benzene rings is 1. The Morgan fingerprint density at radius 3 is 2.43 bits per heavy atom. The van der Waals surface area contributed by atoms with Crippen LogP contribution in [-0.4, -0.2) is 14.2 Å². The predicted octanol–water partition coefficient (Wildman–Crippen LogP) is 1.87. The lowest BCUT2D eigenvalue weighted by Crippen LogP contribution is -2.06. The highest BCUT2D eigenvalue weighted by molar-refractivity contribution is 7.91. The zero-order valence-electron chi connectivity index (χ0n) is 7.81. The second kappa shape index (κ2) is 4.83. The molecule has 1 rings (SSSR count). The van der Waals surface area contributed by atoms with Crippen LogP contribution in [0.4, 0.5) is 0 Å². The van der Waals surface area contributed by atoms with E-state index in [0.717, 1.165) is 0 Å². The first-order chi connectivity index (χ1) is 6.67. The Balaban J connectivity index is 2.73. The molecule has 74 valence electrons. The zero-order valence-corrected chi connectivity index (χ0v) is 8.63. The summed E-state index contributed by atoms with van der Waals surface area (Å²) in [6.45, 7) is 0. The molecule has 0 heterocycles. The first-order valence-corrected chi connectivity index (χ1v) is 6.03. The summed E-state index contributed by atoms with van der Waals surface area (Å²) in [6, 6.07) is 8.43. The molecule has 0 aliphatic carbocycles. The van der Waals surface area contributed by atoms with E-state index in [4.69, 9.17) is 6.42 Å². The molecule has 0 saturated carbocycles. The topological polar surface area (TPSA) is 34.1 Å². The molecular formula is C11H12O2S. The fraction of sp³-hybridized carbons (Fsp3) is 0.273. The molecule has 2 nitrogen and oxygen atoms in total. The monoisotopic (exact) mass is 208 g/mol. The van der Waals surface area contributed by atoms with Crippen molar-refractivity contribution in [1.82, 2.24) is 0 Å². The van der Waals surface area contributed by atoms with Gasteiger partial charge in [0.25, 0.3) is 0 Å². The average Bonchev–Trinajstić information content (AvgIpc) is 2.19. The highest BCUT2D eigenvalue weighted by Gasteiger charge is 2.12. The molecule has 0 amide bonds. The van der Waals surface area contributed by atoms with Crippen molar-refractivity contribution in [1.29, 1.82) is 0 Å². The van der Waals surface area contributed by atoms with Crippen molar-refractivity contribution < 1.29 is 8.42 Å². The fourth-order valence-electron chi connectivity index (χ4n) is 1.11. The lowest BCUT2D eigenvalue weighted by molar-refractivity contribution is 0.594. The summed E-state index contributed by atoms with van der Waals surface area (Å²) < 4.78 is 23.3. The van der Waals surface area contributed by atoms with Crippen molar-refractivity contribution >= 4 is 9.84 Å². The molecule has 0 atom stereocenters. The number of hydrogen-bond acceptors (Lipinski definition) is 2. The van der Waals surface area contributed by atoms with Crippen molar-refractivity contribution in [3.63, 3.8) is 0 Å². The number of unbranched alkanes of at least 4 members (excludes halogenated alkanes) is 1. The van der Waals surface area contributed by atoms with E-state index in [1.165, 1.54) is 0 Å². The van der Waals surface area contributed by atoms with Gasteiger partial charge in [-0.1, -0.05) is 18.2 Å². The Hall–Kier alpha value is -1.27. The molecule has 0 bridgehead atoms. The van der Waals surface area contributed by atoms with Crippen LogP contribution < -0.4 is 0 Å². The zero-order chi connectivity index (χ0) is 10.4. The van der Waals surface area contributed by atoms with Gasteiger partial charge < -0.3 is 0 Å². The Morgan fingerprint density at radius 1 is 1.21 bits per heavy atom. The summed E-state index contributed by atoms with van der Waals surface area (Å²) in [5, 5.41) is 0. The van der Waals surface area contributed by atoms with E-state index in [2.05, 4.69) is 5.92 Å². The summed E-state index contributed by atoms with van der Waals surface area (Å²) in [5.74, 6) is 2.55. The van der Waals surface area contributed by atoms with Gasteiger partial charge in [0.1, 0.15) is 0 Å². The van der Waals surface area contributed by atoms with Crippen LogP contribution >= 0.6 is 0 Å². The van der Waals surface area contributed by atoms with Crippen LogP contribution in [0.25, 0.3) is 0 Å². The maximum absolute atomic E-state index is 11.6. The van der Waals surface area contributed by atoms with Crippen molar-refractivity contribution in [2.24, 2.45) is 0 Å². The first-order valence-electron chi connectivity index (χ1n) is 4.38. The Kier molecular flexibility index (Phi) is 3.73. The van der Waals surface area contributed by atoms with Crippen LogP contribution in [-0.2, 0) is 9.84 Å². The summed E-state index contributed by atoms with van der Waals surface area (Å²) >= 11 is 0. The van der Waals surface area contributed by atoms with Crippen molar-refractivity contribution in [2.45, 2.75) is 17.7 Å². The molecule has 3 heteroatoms. The summed E-state index contributed by atoms with van der Waals surface area (Å²) in [4.78, 5) is 0.372. The van der Waals surface area contributed by atoms with Gasteiger partial charge in [0, 0.05) is 6.42 Å². The molecule has 0 aromatic heterocycles. The molecule has 0 spiro atoms. The number of hydrogen-bond donors (Lipinski definition) is 0. The lowest BCUT2D eigenvalue weighted by atomic mass is 10.4. The maximum atomic E-state index is 11.6. The standard InChI is InChI=1S/C11H12O2S/c1-2-3-7-10-14(12,13)11-8-5-4-6-9-11/h1,4-6,8-9H,3,7,10H2. The van der Waals surface area contributed by atoms with E-state index in [1.54, 1.807) is 30.3 Å². The lowest BCUT2D eigenvalue weighted by Gasteiger charge is -2.01. The molecule has 0 fully saturated rings. The van der Waals surface area contributed by atoms with Gasteiger partial charge in [0.15, 0.2) is 9.84 Å². The Morgan fingerprint density at radius 2 is 1.86 bits per heavy atom. The molecule has 0 aliphatic heterocycles. The van der Waals surface area contributed by atoms with Gasteiger partial charge in [-0.3, -0.25) is 0 Å². The van der Waals surface area contributed by atoms with E-state index < -0.39 is 9.84 Å². The normalized spacial score (nSPS) is 10.8. The second-order valence-corrected chi connectivity index (χ2v) is 5.05. The average molecular weight is 208 g/mol. The van der Waals surface area contributed by atoms with Crippen LogP contribution in [0.3, 0.4) is 0 Å². The van der Waals surface area contributed by atoms with Gasteiger partial charge in [-0.2, -0.15) is 0 Å². The van der Waals surface area contributed by atoms with Gasteiger partial charge in [0.05, 0.1) is 10.6 Å². The summed E-state index contributed by atoms with van der Waals surface area (Å²) in [7, 11) is -3.13. The predicted molar refractivity (Wildman–Crippen MR) is 56.6 cm³/mol. The van der Waals surface area contributed by atoms with Crippen molar-refractivity contribution in [2.75, 3.05) is 5.75 Å². The number of sulfone groups is 1. The first kappa shape index (κ1) is 10.8. The van der Waals surface area contributed by atoms with Crippen molar-refractivity contribution in [3.8, 4) is 12.3 Å². The minimum Gasteiger partial charge on any atom is -0.224 e. The van der Waals surface area contributed by atoms with Gasteiger partial charge in [-0.05, 0) is 18.6 Å². The van der Waals surface area contributed by atoms with Crippen molar-refractivity contribution in [3.05, 3.63) is 30.3 Å². The molecule has 0 N–H and O–H groups in total. The summed E-state index contributed by atoms with van der Waals surface area (Å²) in [5.41, 5.74) is 0. The van der Waals surface area contributed by atoms with E-state index >= 15 is 0 Å². The second-order valence-electron chi connectivity index (χ2n) is 2.94. The van der Waals surface area contributed by atoms with Crippen LogP contribution in [0.15, 0.2) is 35.2 Å². The van der Waals surface area contributed by atoms with Gasteiger partial charge in [-0.15, -0.1) is 12.3 Å². The highest BCUT2D eigenvalue weighted by Crippen LogP contribution is 2.11. The maximum Gasteiger partial charge on any atom is 0.178 e. The molecule has 0 unspecified atom stereocenters. The van der Waals surface area contributed by atoms with Crippen LogP contribution in [0.5, 0.6) is 0 Å². The number of rotatable bonds is 4. The third-order valence-corrected chi connectivity index (χ3v) is 3.65. The third-order valence-electron chi connectivity index (χ3n) is 1.84. The Bertz CT molecular complexity index is 412. The quantitative estimate of drug-likeness (QED) is 0.559. The molecule has 0 saturated heterocycles. The number of terminal acetylenes is 1. The summed E-state index contributed by atoms with van der Waals surface area (Å²) in [6.07, 6.45) is 6.08. The minimum atomic E-state index is -3.13. The third kappa shape index (κ3) is 2.90. The fourth-order valence-corrected chi connectivity index (χ4v) is 2.44. The molecule has 0 aliphatic rings. The van der Waals surface area contributed by atoms with Crippen LogP contribution in [0.1, 0.15) is 12.8 Å². The van der Waals surface area contributed by atoms with E-state index in [1.807, 2.05) is 0 Å². The van der Waals surface area contributed by atoms with E-state index in [9.17, 15) is 8.42 Å². The largest absolute Gasteiger partial charge is 0.224 e. The van der Waals surface area contributed by atoms with Gasteiger partial charge >= 0.3 is 0 Å². The van der Waals surface area contributed by atoms with Gasteiger partial charge in [-0.25, -0.2) is 8.42 Å². The van der Waals surface area contributed by atoms with Gasteiger partial charge in [0.2, 0.25) is 0 Å². The minimum absolute atomic E-state index is 0.126. The van der Waals surface area contributed by atoms with Crippen LogP contribution in [0, 0.1) is 12.3 Å². The van der Waals surface area contributed by atoms with E-state index in [0.29, 0.717) is 17.7 Å². The molecular weight excluding hydrogens is 196 g/mol. The molecule has 14 heavy (non-hydrogen) atoms. The molecule has 1 aromatic rings. The van der Waals surface area contributed by atoms with Crippen LogP contribution in [0.2, 0.25) is 0 Å². The molecule has 0 radical (unpaired) electrons. The SMILES string of the molecule is C#CCCCS(=O)(=O)c1ccccc1. The highest BCUT2D eigenvalue weighted by atomic mass is 32.2. The van der Waals surface area contributed by atoms with E-state index in [-0.39, 0.29) is 5.75 Å². The Labute approximate surface area is 84.9 Å². The molecule has 1 aromatic carbocycles.